The van der Waals surface area contributed by atoms with Crippen LogP contribution in [0.5, 0.6) is 11.5 Å². The lowest BCUT2D eigenvalue weighted by Crippen LogP contribution is -2.47. The Kier molecular flexibility index (Phi) is 12.5. The van der Waals surface area contributed by atoms with Crippen molar-refractivity contribution < 1.29 is 33.3 Å². The molecule has 0 heterocycles. The van der Waals surface area contributed by atoms with E-state index in [0.717, 1.165) is 5.56 Å². The summed E-state index contributed by atoms with van der Waals surface area (Å²) < 4.78 is 21.8. The summed E-state index contributed by atoms with van der Waals surface area (Å²) in [5.74, 6) is -0.150. The molecule has 194 valence electrons. The number of benzene rings is 2. The number of carbonyl (C=O) groups excluding carboxylic acids is 3. The molecule has 0 aliphatic heterocycles. The van der Waals surface area contributed by atoms with Crippen LogP contribution in [0.1, 0.15) is 31.9 Å². The predicted octanol–water partition coefficient (Wildman–Crippen LogP) is 3.44. The van der Waals surface area contributed by atoms with Gasteiger partial charge in [-0.1, -0.05) is 30.3 Å². The molecule has 0 unspecified atom stereocenters. The highest BCUT2D eigenvalue weighted by atomic mass is 127. The van der Waals surface area contributed by atoms with Crippen molar-refractivity contribution in [2.75, 3.05) is 26.4 Å². The van der Waals surface area contributed by atoms with E-state index in [9.17, 15) is 14.4 Å². The van der Waals surface area contributed by atoms with E-state index in [4.69, 9.17) is 18.9 Å². The Labute approximate surface area is 223 Å². The topological polar surface area (TPSA) is 125 Å². The zero-order valence-electron chi connectivity index (χ0n) is 20.4. The second kappa shape index (κ2) is 15.6. The molecule has 10 nitrogen and oxygen atoms in total. The van der Waals surface area contributed by atoms with Crippen molar-refractivity contribution in [1.82, 2.24) is 10.7 Å². The van der Waals surface area contributed by atoms with E-state index in [-0.39, 0.29) is 26.2 Å². The number of carbonyl (C=O) groups is 3. The van der Waals surface area contributed by atoms with Crippen LogP contribution >= 0.6 is 22.6 Å². The van der Waals surface area contributed by atoms with Gasteiger partial charge in [0, 0.05) is 6.42 Å². The monoisotopic (exact) mass is 611 g/mol. The van der Waals surface area contributed by atoms with Crippen molar-refractivity contribution in [2.45, 2.75) is 33.2 Å². The lowest BCUT2D eigenvalue weighted by Gasteiger charge is -2.17. The van der Waals surface area contributed by atoms with E-state index in [1.165, 1.54) is 6.21 Å². The van der Waals surface area contributed by atoms with E-state index >= 15 is 0 Å². The highest BCUT2D eigenvalue weighted by Gasteiger charge is 2.22. The third-order valence-electron chi connectivity index (χ3n) is 4.53. The number of rotatable bonds is 13. The maximum absolute atomic E-state index is 12.8. The number of amides is 2. The summed E-state index contributed by atoms with van der Waals surface area (Å²) in [5.41, 5.74) is 3.96. The van der Waals surface area contributed by atoms with Gasteiger partial charge in [-0.15, -0.1) is 0 Å². The minimum Gasteiger partial charge on any atom is -0.490 e. The average molecular weight is 611 g/mol. The summed E-state index contributed by atoms with van der Waals surface area (Å²) in [7, 11) is 0. The van der Waals surface area contributed by atoms with Crippen LogP contribution < -0.4 is 20.2 Å². The Morgan fingerprint density at radius 1 is 1.00 bits per heavy atom. The van der Waals surface area contributed by atoms with Crippen LogP contribution in [0.3, 0.4) is 0 Å². The Hall–Kier alpha value is -3.35. The molecule has 1 atom stereocenters. The van der Waals surface area contributed by atoms with E-state index in [1.54, 1.807) is 26.0 Å². The molecule has 0 fully saturated rings. The van der Waals surface area contributed by atoms with Crippen molar-refractivity contribution in [3.63, 3.8) is 0 Å². The highest BCUT2D eigenvalue weighted by molar-refractivity contribution is 14.1. The summed E-state index contributed by atoms with van der Waals surface area (Å²) in [6.45, 7) is 5.81. The molecule has 2 aromatic rings. The Bertz CT molecular complexity index is 1050. The van der Waals surface area contributed by atoms with Gasteiger partial charge in [0.25, 0.3) is 5.91 Å². The summed E-state index contributed by atoms with van der Waals surface area (Å²) in [5, 5.41) is 6.60. The number of nitrogens with one attached hydrogen (secondary N) is 2. The predicted molar refractivity (Wildman–Crippen MR) is 142 cm³/mol. The van der Waals surface area contributed by atoms with Crippen LogP contribution in [0.4, 0.5) is 4.79 Å². The molecule has 2 N–H and O–H groups in total. The quantitative estimate of drug-likeness (QED) is 0.154. The standard InChI is InChI=1S/C25H30IN3O7/c1-4-33-21-14-18(12-19(26)23(21)36-16-22(30)34-5-2)15-27-29-24(31)20(28-25(32)35-6-3)13-17-10-8-7-9-11-17/h7-12,14-15,20H,4-6,13,16H2,1-3H3,(H,28,32)(H,29,31)/b27-15-/t20-/m1/s1. The van der Waals surface area contributed by atoms with Gasteiger partial charge < -0.3 is 24.3 Å². The van der Waals surface area contributed by atoms with Crippen LogP contribution in [0, 0.1) is 3.57 Å². The Morgan fingerprint density at radius 2 is 1.72 bits per heavy atom. The van der Waals surface area contributed by atoms with Crippen molar-refractivity contribution in [1.29, 1.82) is 0 Å². The van der Waals surface area contributed by atoms with Gasteiger partial charge in [-0.05, 0) is 66.6 Å². The molecule has 0 aliphatic carbocycles. The van der Waals surface area contributed by atoms with Crippen molar-refractivity contribution in [2.24, 2.45) is 5.10 Å². The fourth-order valence-corrected chi connectivity index (χ4v) is 3.80. The van der Waals surface area contributed by atoms with Gasteiger partial charge >= 0.3 is 12.1 Å². The van der Waals surface area contributed by atoms with Crippen LogP contribution in [0.15, 0.2) is 47.6 Å². The summed E-state index contributed by atoms with van der Waals surface area (Å²) in [6.07, 6.45) is 1.02. The first-order chi connectivity index (χ1) is 17.4. The first-order valence-electron chi connectivity index (χ1n) is 11.4. The van der Waals surface area contributed by atoms with Crippen LogP contribution in [-0.4, -0.2) is 56.7 Å². The van der Waals surface area contributed by atoms with Crippen LogP contribution in [-0.2, 0) is 25.5 Å². The second-order valence-electron chi connectivity index (χ2n) is 7.20. The fraction of sp³-hybridized carbons (Fsp3) is 0.360. The van der Waals surface area contributed by atoms with Gasteiger partial charge in [-0.3, -0.25) is 4.79 Å². The van der Waals surface area contributed by atoms with Crippen LogP contribution in [0.2, 0.25) is 0 Å². The van der Waals surface area contributed by atoms with Gasteiger partial charge in [0.2, 0.25) is 0 Å². The maximum atomic E-state index is 12.8. The van der Waals surface area contributed by atoms with Gasteiger partial charge in [0.15, 0.2) is 18.1 Å². The van der Waals surface area contributed by atoms with Crippen molar-refractivity contribution in [3.8, 4) is 11.5 Å². The number of hydrogen-bond donors (Lipinski definition) is 2. The molecule has 0 saturated heterocycles. The zero-order valence-corrected chi connectivity index (χ0v) is 22.6. The number of esters is 1. The normalized spacial score (nSPS) is 11.4. The molecular weight excluding hydrogens is 581 g/mol. The molecule has 0 radical (unpaired) electrons. The third kappa shape index (κ3) is 9.72. The Balaban J connectivity index is 2.12. The molecular formula is C25H30IN3O7. The SMILES string of the molecule is CCOC(=O)COc1c(I)cc(/C=N\NC(=O)[C@@H](Cc2ccccc2)NC(=O)OCC)cc1OCC. The molecule has 2 rings (SSSR count). The number of nitrogens with zero attached hydrogens (tertiary/aromatic N) is 1. The van der Waals surface area contributed by atoms with Gasteiger partial charge in [0.1, 0.15) is 6.04 Å². The molecule has 36 heavy (non-hydrogen) atoms. The lowest BCUT2D eigenvalue weighted by atomic mass is 10.1. The van der Waals surface area contributed by atoms with Crippen molar-refractivity contribution >= 4 is 46.8 Å². The first-order valence-corrected chi connectivity index (χ1v) is 12.5. The number of hydrogen-bond acceptors (Lipinski definition) is 8. The number of ether oxygens (including phenoxy) is 4. The average Bonchev–Trinajstić information content (AvgIpc) is 2.84. The number of alkyl carbamates (subject to hydrolysis) is 1. The number of hydrazone groups is 1. The summed E-state index contributed by atoms with van der Waals surface area (Å²) >= 11 is 2.06. The fourth-order valence-electron chi connectivity index (χ4n) is 3.02. The Morgan fingerprint density at radius 3 is 2.39 bits per heavy atom. The molecule has 0 aliphatic rings. The highest BCUT2D eigenvalue weighted by Crippen LogP contribution is 2.34. The van der Waals surface area contributed by atoms with Crippen molar-refractivity contribution in [3.05, 3.63) is 57.2 Å². The van der Waals surface area contributed by atoms with E-state index in [2.05, 4.69) is 38.4 Å². The molecule has 0 bridgehead atoms. The third-order valence-corrected chi connectivity index (χ3v) is 5.33. The second-order valence-corrected chi connectivity index (χ2v) is 8.36. The molecule has 0 aromatic heterocycles. The van der Waals surface area contributed by atoms with E-state index in [1.807, 2.05) is 37.3 Å². The maximum Gasteiger partial charge on any atom is 0.407 e. The summed E-state index contributed by atoms with van der Waals surface area (Å²) in [6, 6.07) is 11.8. The molecule has 2 amide bonds. The minimum atomic E-state index is -0.888. The smallest absolute Gasteiger partial charge is 0.407 e. The van der Waals surface area contributed by atoms with E-state index in [0.29, 0.717) is 27.2 Å². The van der Waals surface area contributed by atoms with Gasteiger partial charge in [-0.2, -0.15) is 5.10 Å². The van der Waals surface area contributed by atoms with Gasteiger partial charge in [-0.25, -0.2) is 15.0 Å². The number of halogens is 1. The molecule has 0 saturated carbocycles. The largest absolute Gasteiger partial charge is 0.490 e. The molecule has 2 aromatic carbocycles. The van der Waals surface area contributed by atoms with E-state index < -0.39 is 24.0 Å². The lowest BCUT2D eigenvalue weighted by molar-refractivity contribution is -0.145. The summed E-state index contributed by atoms with van der Waals surface area (Å²) in [4.78, 5) is 36.4. The minimum absolute atomic E-state index is 0.184. The van der Waals surface area contributed by atoms with Crippen LogP contribution in [0.25, 0.3) is 0 Å². The molecule has 11 heteroatoms. The van der Waals surface area contributed by atoms with Gasteiger partial charge in [0.05, 0.1) is 29.6 Å². The molecule has 0 spiro atoms. The first kappa shape index (κ1) is 28.9. The zero-order chi connectivity index (χ0) is 26.3.